The predicted octanol–water partition coefficient (Wildman–Crippen LogP) is 2.81. The molecule has 0 bridgehead atoms. The molecule has 0 saturated heterocycles. The summed E-state index contributed by atoms with van der Waals surface area (Å²) in [5, 5.41) is 10.7. The molecule has 0 saturated carbocycles. The maximum absolute atomic E-state index is 9.46. The molecule has 3 N–H and O–H groups in total. The van der Waals surface area contributed by atoms with Crippen molar-refractivity contribution in [2.24, 2.45) is 5.73 Å². The lowest BCUT2D eigenvalue weighted by Crippen LogP contribution is -2.21. The van der Waals surface area contributed by atoms with Gasteiger partial charge in [-0.1, -0.05) is 36.2 Å². The van der Waals surface area contributed by atoms with Crippen LogP contribution in [0.3, 0.4) is 0 Å². The van der Waals surface area contributed by atoms with E-state index in [2.05, 4.69) is 0 Å². The molecule has 0 spiro atoms. The standard InChI is InChI=1S/C11H15Cl2NO/c1-7(5-8(15)6-14)11-9(12)3-2-4-10(11)13/h2-4,7-8,15H,5-6,14H2,1H3. The third-order valence-corrected chi connectivity index (χ3v) is 3.05. The number of benzene rings is 1. The summed E-state index contributed by atoms with van der Waals surface area (Å²) in [4.78, 5) is 0. The maximum atomic E-state index is 9.46. The number of rotatable bonds is 4. The van der Waals surface area contributed by atoms with Crippen LogP contribution < -0.4 is 5.73 Å². The first-order valence-electron chi connectivity index (χ1n) is 4.88. The van der Waals surface area contributed by atoms with E-state index in [0.717, 1.165) is 5.56 Å². The van der Waals surface area contributed by atoms with Crippen LogP contribution in [0, 0.1) is 0 Å². The van der Waals surface area contributed by atoms with Gasteiger partial charge in [-0.15, -0.1) is 0 Å². The highest BCUT2D eigenvalue weighted by atomic mass is 35.5. The second kappa shape index (κ2) is 5.71. The van der Waals surface area contributed by atoms with Crippen LogP contribution in [0.5, 0.6) is 0 Å². The van der Waals surface area contributed by atoms with Crippen LogP contribution in [-0.4, -0.2) is 17.8 Å². The highest BCUT2D eigenvalue weighted by molar-refractivity contribution is 6.36. The van der Waals surface area contributed by atoms with Gasteiger partial charge < -0.3 is 10.8 Å². The van der Waals surface area contributed by atoms with E-state index in [-0.39, 0.29) is 12.5 Å². The van der Waals surface area contributed by atoms with E-state index in [1.54, 1.807) is 18.2 Å². The number of nitrogens with two attached hydrogens (primary N) is 1. The van der Waals surface area contributed by atoms with Crippen LogP contribution in [0.4, 0.5) is 0 Å². The zero-order valence-corrected chi connectivity index (χ0v) is 10.1. The lowest BCUT2D eigenvalue weighted by molar-refractivity contribution is 0.165. The molecule has 0 aromatic heterocycles. The lowest BCUT2D eigenvalue weighted by Gasteiger charge is -2.17. The summed E-state index contributed by atoms with van der Waals surface area (Å²) in [7, 11) is 0. The van der Waals surface area contributed by atoms with Crippen molar-refractivity contribution in [3.63, 3.8) is 0 Å². The quantitative estimate of drug-likeness (QED) is 0.860. The first kappa shape index (κ1) is 12.8. The second-order valence-corrected chi connectivity index (χ2v) is 4.48. The number of hydrogen-bond donors (Lipinski definition) is 2. The summed E-state index contributed by atoms with van der Waals surface area (Å²) < 4.78 is 0. The molecule has 0 fully saturated rings. The maximum Gasteiger partial charge on any atom is 0.0668 e. The first-order chi connectivity index (χ1) is 7.06. The molecule has 0 aliphatic heterocycles. The fourth-order valence-corrected chi connectivity index (χ4v) is 2.37. The average Bonchev–Trinajstić information content (AvgIpc) is 2.17. The van der Waals surface area contributed by atoms with Gasteiger partial charge in [0, 0.05) is 16.6 Å². The van der Waals surface area contributed by atoms with Crippen molar-refractivity contribution in [2.45, 2.75) is 25.4 Å². The Labute approximate surface area is 100.0 Å². The van der Waals surface area contributed by atoms with Crippen LogP contribution in [0.15, 0.2) is 18.2 Å². The molecule has 1 aromatic carbocycles. The number of aliphatic hydroxyl groups excluding tert-OH is 1. The zero-order valence-electron chi connectivity index (χ0n) is 8.58. The van der Waals surface area contributed by atoms with E-state index in [9.17, 15) is 5.11 Å². The van der Waals surface area contributed by atoms with E-state index < -0.39 is 6.10 Å². The van der Waals surface area contributed by atoms with Gasteiger partial charge in [0.05, 0.1) is 6.10 Å². The summed E-state index contributed by atoms with van der Waals surface area (Å²) in [5.74, 6) is 0.102. The minimum atomic E-state index is -0.507. The summed E-state index contributed by atoms with van der Waals surface area (Å²) in [6.45, 7) is 2.23. The van der Waals surface area contributed by atoms with Gasteiger partial charge in [0.1, 0.15) is 0 Å². The molecule has 0 aliphatic rings. The molecular weight excluding hydrogens is 233 g/mol. The topological polar surface area (TPSA) is 46.2 Å². The number of aliphatic hydroxyl groups is 1. The molecule has 0 heterocycles. The monoisotopic (exact) mass is 247 g/mol. The van der Waals surface area contributed by atoms with Gasteiger partial charge in [-0.25, -0.2) is 0 Å². The number of halogens is 2. The normalized spacial score (nSPS) is 15.0. The van der Waals surface area contributed by atoms with Crippen molar-refractivity contribution in [1.82, 2.24) is 0 Å². The molecule has 2 nitrogen and oxygen atoms in total. The molecular formula is C11H15Cl2NO. The van der Waals surface area contributed by atoms with Crippen LogP contribution in [0.1, 0.15) is 24.8 Å². The van der Waals surface area contributed by atoms with Gasteiger partial charge in [0.2, 0.25) is 0 Å². The largest absolute Gasteiger partial charge is 0.392 e. The molecule has 1 aromatic rings. The Bertz CT molecular complexity index is 310. The smallest absolute Gasteiger partial charge is 0.0668 e. The summed E-state index contributed by atoms with van der Waals surface area (Å²) in [5.41, 5.74) is 6.24. The van der Waals surface area contributed by atoms with E-state index >= 15 is 0 Å². The third-order valence-electron chi connectivity index (χ3n) is 2.39. The van der Waals surface area contributed by atoms with Crippen LogP contribution >= 0.6 is 23.2 Å². The van der Waals surface area contributed by atoms with E-state index in [0.29, 0.717) is 16.5 Å². The fourth-order valence-electron chi connectivity index (χ4n) is 1.60. The van der Waals surface area contributed by atoms with Gasteiger partial charge in [0.25, 0.3) is 0 Å². The molecule has 1 rings (SSSR count). The van der Waals surface area contributed by atoms with Crippen molar-refractivity contribution < 1.29 is 5.11 Å². The Kier molecular flexibility index (Phi) is 4.87. The highest BCUT2D eigenvalue weighted by Crippen LogP contribution is 2.33. The van der Waals surface area contributed by atoms with Crippen LogP contribution in [0.25, 0.3) is 0 Å². The SMILES string of the molecule is CC(CC(O)CN)c1c(Cl)cccc1Cl. The Morgan fingerprint density at radius 1 is 1.33 bits per heavy atom. The van der Waals surface area contributed by atoms with E-state index in [1.807, 2.05) is 6.92 Å². The first-order valence-corrected chi connectivity index (χ1v) is 5.64. The minimum Gasteiger partial charge on any atom is -0.392 e. The van der Waals surface area contributed by atoms with Gasteiger partial charge >= 0.3 is 0 Å². The molecule has 84 valence electrons. The van der Waals surface area contributed by atoms with Crippen molar-refractivity contribution >= 4 is 23.2 Å². The van der Waals surface area contributed by atoms with Gasteiger partial charge in [-0.3, -0.25) is 0 Å². The van der Waals surface area contributed by atoms with Crippen LogP contribution in [0.2, 0.25) is 10.0 Å². The Hall–Kier alpha value is -0.280. The zero-order chi connectivity index (χ0) is 11.4. The minimum absolute atomic E-state index is 0.102. The van der Waals surface area contributed by atoms with Crippen molar-refractivity contribution in [2.75, 3.05) is 6.54 Å². The van der Waals surface area contributed by atoms with Gasteiger partial charge in [-0.05, 0) is 30.0 Å². The van der Waals surface area contributed by atoms with Crippen molar-refractivity contribution in [3.8, 4) is 0 Å². The predicted molar refractivity (Wildman–Crippen MR) is 64.6 cm³/mol. The molecule has 2 atom stereocenters. The molecule has 15 heavy (non-hydrogen) atoms. The Morgan fingerprint density at radius 2 is 1.87 bits per heavy atom. The molecule has 2 unspecified atom stereocenters. The van der Waals surface area contributed by atoms with E-state index in [1.165, 1.54) is 0 Å². The fraction of sp³-hybridized carbons (Fsp3) is 0.455. The average molecular weight is 248 g/mol. The second-order valence-electron chi connectivity index (χ2n) is 3.66. The van der Waals surface area contributed by atoms with Gasteiger partial charge in [0.15, 0.2) is 0 Å². The lowest BCUT2D eigenvalue weighted by atomic mass is 9.95. The highest BCUT2D eigenvalue weighted by Gasteiger charge is 2.16. The van der Waals surface area contributed by atoms with Gasteiger partial charge in [-0.2, -0.15) is 0 Å². The third kappa shape index (κ3) is 3.35. The van der Waals surface area contributed by atoms with Crippen LogP contribution in [-0.2, 0) is 0 Å². The molecule has 0 radical (unpaired) electrons. The summed E-state index contributed by atoms with van der Waals surface area (Å²) in [6.07, 6.45) is 0.0623. The van der Waals surface area contributed by atoms with E-state index in [4.69, 9.17) is 28.9 Å². The number of hydrogen-bond acceptors (Lipinski definition) is 2. The van der Waals surface area contributed by atoms with Crippen molar-refractivity contribution in [3.05, 3.63) is 33.8 Å². The Morgan fingerprint density at radius 3 is 2.33 bits per heavy atom. The molecule has 0 amide bonds. The molecule has 0 aliphatic carbocycles. The summed E-state index contributed by atoms with van der Waals surface area (Å²) in [6, 6.07) is 5.41. The summed E-state index contributed by atoms with van der Waals surface area (Å²) >= 11 is 12.1. The Balaban J connectivity index is 2.86. The van der Waals surface area contributed by atoms with Crippen molar-refractivity contribution in [1.29, 1.82) is 0 Å². The molecule has 4 heteroatoms.